The summed E-state index contributed by atoms with van der Waals surface area (Å²) in [6, 6.07) is 11.9. The van der Waals surface area contributed by atoms with Gasteiger partial charge in [-0.1, -0.05) is 24.3 Å². The van der Waals surface area contributed by atoms with Crippen LogP contribution in [0.2, 0.25) is 0 Å². The maximum Gasteiger partial charge on any atom is 0.162 e. The summed E-state index contributed by atoms with van der Waals surface area (Å²) in [6.45, 7) is 3.16. The molecule has 6 rings (SSSR count). The molecule has 4 aromatic rings. The highest BCUT2D eigenvalue weighted by Gasteiger charge is 2.31. The van der Waals surface area contributed by atoms with Crippen LogP contribution in [-0.4, -0.2) is 53.3 Å². The Bertz CT molecular complexity index is 1380. The Kier molecular flexibility index (Phi) is 6.23. The molecule has 1 aliphatic heterocycles. The standard InChI is InChI=1S/C28H29FN4O2S/c1-35-22-7-4-6-21(26(22)34)25(18-9-11-19(29)12-10-18)32-13-15-33(16-14-32)27-24-20-5-2-3-8-23(20)36-28(24)31-17-30-27/h4,6-7,9-12,17,25,34H,2-3,5,8,13-16H2,1H3. The maximum atomic E-state index is 13.8. The second kappa shape index (κ2) is 9.67. The number of piperazine rings is 1. The maximum absolute atomic E-state index is 13.8. The van der Waals surface area contributed by atoms with Gasteiger partial charge >= 0.3 is 0 Å². The van der Waals surface area contributed by atoms with E-state index in [2.05, 4.69) is 14.8 Å². The lowest BCUT2D eigenvalue weighted by Crippen LogP contribution is -2.48. The summed E-state index contributed by atoms with van der Waals surface area (Å²) in [5.74, 6) is 1.33. The normalized spacial score (nSPS) is 17.2. The number of hydrogen-bond donors (Lipinski definition) is 1. The van der Waals surface area contributed by atoms with Crippen molar-refractivity contribution >= 4 is 27.4 Å². The lowest BCUT2D eigenvalue weighted by Gasteiger charge is -2.40. The fraction of sp³-hybridized carbons (Fsp3) is 0.357. The average molecular weight is 505 g/mol. The molecule has 0 bridgehead atoms. The van der Waals surface area contributed by atoms with Gasteiger partial charge in [-0.15, -0.1) is 11.3 Å². The lowest BCUT2D eigenvalue weighted by molar-refractivity contribution is 0.208. The van der Waals surface area contributed by atoms with E-state index >= 15 is 0 Å². The minimum absolute atomic E-state index is 0.124. The predicted molar refractivity (Wildman–Crippen MR) is 141 cm³/mol. The summed E-state index contributed by atoms with van der Waals surface area (Å²) < 4.78 is 19.1. The van der Waals surface area contributed by atoms with Crippen molar-refractivity contribution in [2.45, 2.75) is 31.7 Å². The highest BCUT2D eigenvalue weighted by atomic mass is 32.1. The van der Waals surface area contributed by atoms with E-state index in [-0.39, 0.29) is 17.6 Å². The number of para-hydroxylation sites is 1. The van der Waals surface area contributed by atoms with Crippen LogP contribution in [0.1, 0.15) is 40.5 Å². The van der Waals surface area contributed by atoms with Gasteiger partial charge < -0.3 is 14.7 Å². The number of hydrogen-bond acceptors (Lipinski definition) is 7. The second-order valence-electron chi connectivity index (χ2n) is 9.46. The van der Waals surface area contributed by atoms with E-state index in [1.165, 1.54) is 40.8 Å². The summed E-state index contributed by atoms with van der Waals surface area (Å²) in [5.41, 5.74) is 3.14. The minimum atomic E-state index is -0.274. The first-order chi connectivity index (χ1) is 17.6. The summed E-state index contributed by atoms with van der Waals surface area (Å²) in [5, 5.41) is 12.2. The third-order valence-corrected chi connectivity index (χ3v) is 8.64. The molecule has 0 saturated carbocycles. The van der Waals surface area contributed by atoms with Crippen molar-refractivity contribution in [3.8, 4) is 11.5 Å². The fourth-order valence-electron chi connectivity index (χ4n) is 5.66. The Morgan fingerprint density at radius 3 is 2.56 bits per heavy atom. The summed E-state index contributed by atoms with van der Waals surface area (Å²) >= 11 is 1.83. The van der Waals surface area contributed by atoms with E-state index in [1.807, 2.05) is 23.5 Å². The van der Waals surface area contributed by atoms with Crippen molar-refractivity contribution in [2.75, 3.05) is 38.2 Å². The zero-order valence-electron chi connectivity index (χ0n) is 20.3. The lowest BCUT2D eigenvalue weighted by atomic mass is 9.95. The van der Waals surface area contributed by atoms with Gasteiger partial charge in [-0.25, -0.2) is 14.4 Å². The van der Waals surface area contributed by atoms with Crippen LogP contribution in [-0.2, 0) is 12.8 Å². The number of nitrogens with zero attached hydrogens (tertiary/aromatic N) is 4. The first-order valence-corrected chi connectivity index (χ1v) is 13.3. The van der Waals surface area contributed by atoms with Crippen LogP contribution < -0.4 is 9.64 Å². The first kappa shape index (κ1) is 23.2. The number of rotatable bonds is 5. The molecule has 2 aromatic heterocycles. The Hall–Kier alpha value is -3.23. The van der Waals surface area contributed by atoms with Crippen LogP contribution in [0.4, 0.5) is 10.2 Å². The van der Waals surface area contributed by atoms with Crippen molar-refractivity contribution in [3.05, 3.63) is 76.2 Å². The summed E-state index contributed by atoms with van der Waals surface area (Å²) in [4.78, 5) is 16.6. The monoisotopic (exact) mass is 504 g/mol. The zero-order chi connectivity index (χ0) is 24.6. The van der Waals surface area contributed by atoms with Crippen molar-refractivity contribution in [3.63, 3.8) is 0 Å². The molecule has 186 valence electrons. The molecule has 1 saturated heterocycles. The van der Waals surface area contributed by atoms with E-state index in [1.54, 1.807) is 31.6 Å². The van der Waals surface area contributed by atoms with Gasteiger partial charge in [-0.3, -0.25) is 4.90 Å². The Morgan fingerprint density at radius 1 is 1.00 bits per heavy atom. The number of halogens is 1. The van der Waals surface area contributed by atoms with E-state index in [4.69, 9.17) is 9.72 Å². The van der Waals surface area contributed by atoms with E-state index in [0.29, 0.717) is 5.75 Å². The first-order valence-electron chi connectivity index (χ1n) is 12.5. The van der Waals surface area contributed by atoms with Gasteiger partial charge in [0.05, 0.1) is 18.5 Å². The van der Waals surface area contributed by atoms with Crippen molar-refractivity contribution in [1.82, 2.24) is 14.9 Å². The van der Waals surface area contributed by atoms with Crippen molar-refractivity contribution in [2.24, 2.45) is 0 Å². The number of fused-ring (bicyclic) bond motifs is 3. The third kappa shape index (κ3) is 4.08. The molecule has 1 fully saturated rings. The zero-order valence-corrected chi connectivity index (χ0v) is 21.1. The largest absolute Gasteiger partial charge is 0.504 e. The number of aryl methyl sites for hydroxylation is 2. The van der Waals surface area contributed by atoms with Crippen LogP contribution in [0.15, 0.2) is 48.8 Å². The van der Waals surface area contributed by atoms with Gasteiger partial charge in [0, 0.05) is 36.6 Å². The average Bonchev–Trinajstić information content (AvgIpc) is 3.30. The number of thiophene rings is 1. The number of aromatic nitrogens is 2. The summed E-state index contributed by atoms with van der Waals surface area (Å²) in [7, 11) is 1.55. The predicted octanol–water partition coefficient (Wildman–Crippen LogP) is 5.34. The molecular formula is C28H29FN4O2S. The molecule has 36 heavy (non-hydrogen) atoms. The van der Waals surface area contributed by atoms with Gasteiger partial charge in [0.1, 0.15) is 22.8 Å². The SMILES string of the molecule is COc1cccc(C(c2ccc(F)cc2)N2CCN(c3ncnc4sc5c(c34)CCCC5)CC2)c1O. The van der Waals surface area contributed by atoms with Crippen LogP contribution in [0.25, 0.3) is 10.2 Å². The number of methoxy groups -OCH3 is 1. The van der Waals surface area contributed by atoms with Crippen LogP contribution in [0.5, 0.6) is 11.5 Å². The summed E-state index contributed by atoms with van der Waals surface area (Å²) in [6.07, 6.45) is 6.43. The number of benzene rings is 2. The molecule has 0 spiro atoms. The number of phenols is 1. The molecule has 2 aliphatic rings. The van der Waals surface area contributed by atoms with E-state index in [9.17, 15) is 9.50 Å². The van der Waals surface area contributed by atoms with Gasteiger partial charge in [-0.2, -0.15) is 0 Å². The number of aromatic hydroxyl groups is 1. The number of anilines is 1. The fourth-order valence-corrected chi connectivity index (χ4v) is 6.89. The molecule has 1 unspecified atom stereocenters. The van der Waals surface area contributed by atoms with Crippen molar-refractivity contribution in [1.29, 1.82) is 0 Å². The highest BCUT2D eigenvalue weighted by Crippen LogP contribution is 2.42. The smallest absolute Gasteiger partial charge is 0.162 e. The van der Waals surface area contributed by atoms with Gasteiger partial charge in [-0.05, 0) is 55.0 Å². The molecule has 0 radical (unpaired) electrons. The van der Waals surface area contributed by atoms with Crippen molar-refractivity contribution < 1.29 is 14.2 Å². The van der Waals surface area contributed by atoms with E-state index < -0.39 is 0 Å². The van der Waals surface area contributed by atoms with E-state index in [0.717, 1.165) is 60.8 Å². The molecule has 3 heterocycles. The van der Waals surface area contributed by atoms with Crippen LogP contribution in [0, 0.1) is 5.82 Å². The minimum Gasteiger partial charge on any atom is -0.504 e. The van der Waals surface area contributed by atoms with Crippen LogP contribution in [0.3, 0.4) is 0 Å². The van der Waals surface area contributed by atoms with Gasteiger partial charge in [0.2, 0.25) is 0 Å². The molecule has 1 atom stereocenters. The molecule has 1 aliphatic carbocycles. The molecule has 1 N–H and O–H groups in total. The number of ether oxygens (including phenoxy) is 1. The number of phenolic OH excluding ortho intramolecular Hbond substituents is 1. The third-order valence-electron chi connectivity index (χ3n) is 7.44. The van der Waals surface area contributed by atoms with Crippen LogP contribution >= 0.6 is 11.3 Å². The molecule has 8 heteroatoms. The van der Waals surface area contributed by atoms with Gasteiger partial charge in [0.25, 0.3) is 0 Å². The molecule has 2 aromatic carbocycles. The Morgan fingerprint density at radius 2 is 1.78 bits per heavy atom. The highest BCUT2D eigenvalue weighted by molar-refractivity contribution is 7.19. The second-order valence-corrected chi connectivity index (χ2v) is 10.5. The quantitative estimate of drug-likeness (QED) is 0.396. The van der Waals surface area contributed by atoms with Gasteiger partial charge in [0.15, 0.2) is 11.5 Å². The Labute approximate surface area is 214 Å². The topological polar surface area (TPSA) is 61.7 Å². The molecular weight excluding hydrogens is 475 g/mol. The molecule has 0 amide bonds. The Balaban J connectivity index is 1.31. The molecule has 6 nitrogen and oxygen atoms in total.